The van der Waals surface area contributed by atoms with E-state index >= 15 is 0 Å². The molecule has 7 nitrogen and oxygen atoms in total. The van der Waals surface area contributed by atoms with Crippen LogP contribution in [-0.2, 0) is 11.3 Å². The first-order chi connectivity index (χ1) is 14.8. The molecule has 0 atom stereocenters. The highest BCUT2D eigenvalue weighted by atomic mass is 35.5. The second-order valence-electron chi connectivity index (χ2n) is 6.35. The van der Waals surface area contributed by atoms with Crippen molar-refractivity contribution in [2.45, 2.75) is 6.54 Å². The van der Waals surface area contributed by atoms with Crippen molar-refractivity contribution in [2.75, 3.05) is 16.4 Å². The van der Waals surface area contributed by atoms with Crippen molar-refractivity contribution in [1.29, 1.82) is 5.41 Å². The summed E-state index contributed by atoms with van der Waals surface area (Å²) in [5, 5.41) is 13.8. The molecule has 0 bridgehead atoms. The van der Waals surface area contributed by atoms with Crippen LogP contribution in [0.1, 0.15) is 16.7 Å². The first kappa shape index (κ1) is 21.8. The standard InChI is InChI=1S/C21H17ClF2N6O/c1-2-17(31)30-16-7-11(3-5-15(16)24)9-27-21-18(20(26)28-10-29-21)19(25)12-4-6-14(23)13(22)8-12/h2-8,10,25H,1,9H2,(H,30,31)(H3,26,27,28,29). The van der Waals surface area contributed by atoms with Gasteiger partial charge in [-0.05, 0) is 42.0 Å². The maximum atomic E-state index is 13.9. The van der Waals surface area contributed by atoms with E-state index in [0.717, 1.165) is 12.1 Å². The average Bonchev–Trinajstić information content (AvgIpc) is 2.75. The topological polar surface area (TPSA) is 117 Å². The van der Waals surface area contributed by atoms with Gasteiger partial charge in [-0.3, -0.25) is 10.2 Å². The molecule has 1 heterocycles. The van der Waals surface area contributed by atoms with Gasteiger partial charge in [0.1, 0.15) is 29.6 Å². The van der Waals surface area contributed by atoms with E-state index in [1.54, 1.807) is 0 Å². The SMILES string of the molecule is C=CC(=O)Nc1cc(CNc2ncnc(N)c2C(=N)c2ccc(F)c(Cl)c2)ccc1F. The number of carbonyl (C=O) groups excluding carboxylic acids is 1. The molecule has 0 radical (unpaired) electrons. The molecule has 1 amide bonds. The van der Waals surface area contributed by atoms with Gasteiger partial charge in [0.05, 0.1) is 22.0 Å². The Labute approximate surface area is 181 Å². The third-order valence-electron chi connectivity index (χ3n) is 4.27. The average molecular weight is 443 g/mol. The fourth-order valence-electron chi connectivity index (χ4n) is 2.72. The molecule has 10 heteroatoms. The summed E-state index contributed by atoms with van der Waals surface area (Å²) < 4.78 is 27.4. The van der Waals surface area contributed by atoms with Gasteiger partial charge in [0.2, 0.25) is 5.91 Å². The molecule has 5 N–H and O–H groups in total. The highest BCUT2D eigenvalue weighted by molar-refractivity contribution is 6.31. The van der Waals surface area contributed by atoms with Crippen LogP contribution in [0.2, 0.25) is 5.02 Å². The molecule has 31 heavy (non-hydrogen) atoms. The van der Waals surface area contributed by atoms with E-state index in [1.165, 1.54) is 36.7 Å². The molecule has 158 valence electrons. The fourth-order valence-corrected chi connectivity index (χ4v) is 2.90. The number of carbonyl (C=O) groups is 1. The molecule has 0 aliphatic rings. The largest absolute Gasteiger partial charge is 0.383 e. The zero-order valence-electron chi connectivity index (χ0n) is 16.0. The summed E-state index contributed by atoms with van der Waals surface area (Å²) in [6, 6.07) is 8.06. The number of amides is 1. The molecule has 0 saturated heterocycles. The number of hydrogen-bond acceptors (Lipinski definition) is 6. The zero-order valence-corrected chi connectivity index (χ0v) is 16.8. The van der Waals surface area contributed by atoms with Crippen molar-refractivity contribution in [2.24, 2.45) is 0 Å². The molecule has 0 aliphatic carbocycles. The van der Waals surface area contributed by atoms with Crippen molar-refractivity contribution in [1.82, 2.24) is 9.97 Å². The van der Waals surface area contributed by atoms with Gasteiger partial charge in [-0.1, -0.05) is 24.2 Å². The van der Waals surface area contributed by atoms with Crippen LogP contribution in [0.15, 0.2) is 55.4 Å². The quantitative estimate of drug-likeness (QED) is 0.324. The van der Waals surface area contributed by atoms with Crippen molar-refractivity contribution < 1.29 is 13.6 Å². The molecule has 0 aliphatic heterocycles. The fraction of sp³-hybridized carbons (Fsp3) is 0.0476. The van der Waals surface area contributed by atoms with Gasteiger partial charge in [0.25, 0.3) is 0 Å². The number of nitrogens with one attached hydrogen (secondary N) is 3. The predicted molar refractivity (Wildman–Crippen MR) is 116 cm³/mol. The minimum absolute atomic E-state index is 0.000298. The third kappa shape index (κ3) is 5.01. The van der Waals surface area contributed by atoms with Crippen molar-refractivity contribution in [3.05, 3.63) is 88.7 Å². The molecule has 0 fully saturated rings. The van der Waals surface area contributed by atoms with Crippen LogP contribution < -0.4 is 16.4 Å². The number of nitrogens with zero attached hydrogens (tertiary/aromatic N) is 2. The smallest absolute Gasteiger partial charge is 0.247 e. The van der Waals surface area contributed by atoms with Gasteiger partial charge in [0, 0.05) is 12.1 Å². The minimum atomic E-state index is -0.607. The summed E-state index contributed by atoms with van der Waals surface area (Å²) in [4.78, 5) is 19.5. The number of nitrogens with two attached hydrogens (primary N) is 1. The Morgan fingerprint density at radius 2 is 1.94 bits per heavy atom. The Bertz CT molecular complexity index is 1180. The van der Waals surface area contributed by atoms with E-state index in [4.69, 9.17) is 22.7 Å². The monoisotopic (exact) mass is 442 g/mol. The Hall–Kier alpha value is -3.85. The molecule has 1 aromatic heterocycles. The van der Waals surface area contributed by atoms with Crippen molar-refractivity contribution >= 4 is 40.5 Å². The van der Waals surface area contributed by atoms with Crippen molar-refractivity contribution in [3.63, 3.8) is 0 Å². The van der Waals surface area contributed by atoms with Crippen LogP contribution in [0.4, 0.5) is 26.1 Å². The molecule has 0 saturated carbocycles. The van der Waals surface area contributed by atoms with Crippen LogP contribution in [-0.4, -0.2) is 21.6 Å². The van der Waals surface area contributed by atoms with Crippen LogP contribution in [0.25, 0.3) is 0 Å². The van der Waals surface area contributed by atoms with Crippen molar-refractivity contribution in [3.8, 4) is 0 Å². The predicted octanol–water partition coefficient (Wildman–Crippen LogP) is 4.14. The summed E-state index contributed by atoms with van der Waals surface area (Å²) in [5.41, 5.74) is 7.06. The van der Waals surface area contributed by atoms with Crippen LogP contribution in [0.5, 0.6) is 0 Å². The number of halogens is 3. The number of rotatable bonds is 7. The molecular weight excluding hydrogens is 426 g/mol. The highest BCUT2D eigenvalue weighted by Crippen LogP contribution is 2.25. The summed E-state index contributed by atoms with van der Waals surface area (Å²) in [6.07, 6.45) is 2.26. The van der Waals surface area contributed by atoms with E-state index in [2.05, 4.69) is 27.2 Å². The molecule has 0 unspecified atom stereocenters. The number of benzene rings is 2. The number of nitrogen functional groups attached to an aromatic ring is 1. The van der Waals surface area contributed by atoms with Gasteiger partial charge in [0.15, 0.2) is 0 Å². The van der Waals surface area contributed by atoms with Gasteiger partial charge in [-0.25, -0.2) is 18.7 Å². The lowest BCUT2D eigenvalue weighted by Gasteiger charge is -2.14. The number of aromatic nitrogens is 2. The molecule has 3 rings (SSSR count). The van der Waals surface area contributed by atoms with E-state index in [-0.39, 0.29) is 40.2 Å². The molecule has 3 aromatic rings. The van der Waals surface area contributed by atoms with Gasteiger partial charge < -0.3 is 16.4 Å². The molecule has 0 spiro atoms. The van der Waals surface area contributed by atoms with E-state index in [9.17, 15) is 13.6 Å². The minimum Gasteiger partial charge on any atom is -0.383 e. The molecular formula is C21H17ClF2N6O. The lowest BCUT2D eigenvalue weighted by Crippen LogP contribution is -2.14. The Morgan fingerprint density at radius 1 is 1.19 bits per heavy atom. The third-order valence-corrected chi connectivity index (χ3v) is 4.56. The second-order valence-corrected chi connectivity index (χ2v) is 6.75. The van der Waals surface area contributed by atoms with Gasteiger partial charge >= 0.3 is 0 Å². The van der Waals surface area contributed by atoms with E-state index < -0.39 is 17.5 Å². The Kier molecular flexibility index (Phi) is 6.56. The summed E-state index contributed by atoms with van der Waals surface area (Å²) >= 11 is 5.82. The Morgan fingerprint density at radius 3 is 2.65 bits per heavy atom. The normalized spacial score (nSPS) is 10.4. The van der Waals surface area contributed by atoms with E-state index in [0.29, 0.717) is 11.1 Å². The maximum Gasteiger partial charge on any atom is 0.247 e. The lowest BCUT2D eigenvalue weighted by atomic mass is 10.0. The number of hydrogen-bond donors (Lipinski definition) is 4. The summed E-state index contributed by atoms with van der Waals surface area (Å²) in [6.45, 7) is 3.51. The maximum absolute atomic E-state index is 13.9. The summed E-state index contributed by atoms with van der Waals surface area (Å²) in [5.74, 6) is -1.45. The summed E-state index contributed by atoms with van der Waals surface area (Å²) in [7, 11) is 0. The lowest BCUT2D eigenvalue weighted by molar-refractivity contribution is -0.111. The first-order valence-electron chi connectivity index (χ1n) is 8.90. The highest BCUT2D eigenvalue weighted by Gasteiger charge is 2.17. The zero-order chi connectivity index (χ0) is 22.5. The van der Waals surface area contributed by atoms with Crippen LogP contribution in [0, 0.1) is 17.0 Å². The first-order valence-corrected chi connectivity index (χ1v) is 9.28. The molecule has 2 aromatic carbocycles. The second kappa shape index (κ2) is 9.31. The Balaban J connectivity index is 1.87. The van der Waals surface area contributed by atoms with E-state index in [1.807, 2.05) is 0 Å². The van der Waals surface area contributed by atoms with Gasteiger partial charge in [-0.15, -0.1) is 0 Å². The van der Waals surface area contributed by atoms with Crippen LogP contribution >= 0.6 is 11.6 Å². The number of anilines is 3. The van der Waals surface area contributed by atoms with Gasteiger partial charge in [-0.2, -0.15) is 0 Å². The van der Waals surface area contributed by atoms with Crippen LogP contribution in [0.3, 0.4) is 0 Å².